The van der Waals surface area contributed by atoms with E-state index in [4.69, 9.17) is 28.0 Å². The molecule has 3 amide bonds. The third kappa shape index (κ3) is 13.3. The van der Waals surface area contributed by atoms with Gasteiger partial charge in [0.05, 0.1) is 6.04 Å². The molecule has 0 saturated carbocycles. The summed E-state index contributed by atoms with van der Waals surface area (Å²) in [5.74, 6) is -3.27. The second-order valence-corrected chi connectivity index (χ2v) is 7.88. The van der Waals surface area contributed by atoms with Crippen LogP contribution in [-0.4, -0.2) is 72.5 Å². The maximum atomic E-state index is 13.0. The van der Waals surface area contributed by atoms with Gasteiger partial charge < -0.3 is 44.0 Å². The molecule has 12 N–H and O–H groups in total. The number of carbonyl (C=O) groups excluding carboxylic acids is 3. The monoisotopic (exact) mass is 472 g/mol. The summed E-state index contributed by atoms with van der Waals surface area (Å²) in [7, 11) is 0. The first kappa shape index (κ1) is 30.1. The molecule has 0 spiro atoms. The van der Waals surface area contributed by atoms with Gasteiger partial charge in [-0.05, 0) is 38.1 Å². The third-order valence-electron chi connectivity index (χ3n) is 5.09. The van der Waals surface area contributed by atoms with Crippen LogP contribution in [0.4, 0.5) is 0 Å². The zero-order chi connectivity index (χ0) is 25.4. The number of guanidine groups is 1. The second-order valence-electron chi connectivity index (χ2n) is 7.88. The number of nitrogens with zero attached hydrogens (tertiary/aromatic N) is 1. The lowest BCUT2D eigenvalue weighted by atomic mass is 9.97. The lowest BCUT2D eigenvalue weighted by Crippen LogP contribution is -2.57. The molecular formula is C20H40N8O5. The summed E-state index contributed by atoms with van der Waals surface area (Å²) in [6, 6.07) is -2.77. The Bertz CT molecular complexity index is 669. The largest absolute Gasteiger partial charge is 0.480 e. The molecule has 190 valence electrons. The van der Waals surface area contributed by atoms with E-state index in [9.17, 15) is 19.2 Å². The highest BCUT2D eigenvalue weighted by molar-refractivity contribution is 5.93. The first-order chi connectivity index (χ1) is 15.5. The average Bonchev–Trinajstić information content (AvgIpc) is 2.76. The SMILES string of the molecule is CCC(C)C(NC(=O)C(CCCN=C(N)N)NC(=O)C(N)CCCCN)C(=O)NCC(=O)O. The number of rotatable bonds is 17. The van der Waals surface area contributed by atoms with Crippen LogP contribution >= 0.6 is 0 Å². The predicted molar refractivity (Wildman–Crippen MR) is 125 cm³/mol. The van der Waals surface area contributed by atoms with Crippen LogP contribution in [0.2, 0.25) is 0 Å². The Labute approximate surface area is 194 Å². The minimum Gasteiger partial charge on any atom is -0.480 e. The quantitative estimate of drug-likeness (QED) is 0.0644. The number of hydrogen-bond donors (Lipinski definition) is 8. The van der Waals surface area contributed by atoms with Crippen molar-refractivity contribution in [1.29, 1.82) is 0 Å². The van der Waals surface area contributed by atoms with E-state index in [0.717, 1.165) is 6.42 Å². The van der Waals surface area contributed by atoms with Gasteiger partial charge in [0.15, 0.2) is 5.96 Å². The molecule has 0 aliphatic heterocycles. The molecule has 0 heterocycles. The Morgan fingerprint density at radius 2 is 1.64 bits per heavy atom. The number of nitrogens with one attached hydrogen (secondary N) is 3. The highest BCUT2D eigenvalue weighted by Crippen LogP contribution is 2.10. The van der Waals surface area contributed by atoms with E-state index in [1.54, 1.807) is 6.92 Å². The molecule has 4 unspecified atom stereocenters. The first-order valence-corrected chi connectivity index (χ1v) is 11.1. The summed E-state index contributed by atoms with van der Waals surface area (Å²) in [6.45, 7) is 3.76. The number of nitrogens with two attached hydrogens (primary N) is 4. The van der Waals surface area contributed by atoms with Crippen LogP contribution in [0.25, 0.3) is 0 Å². The zero-order valence-electron chi connectivity index (χ0n) is 19.5. The molecule has 0 rings (SSSR count). The topological polar surface area (TPSA) is 241 Å². The highest BCUT2D eigenvalue weighted by Gasteiger charge is 2.30. The molecule has 0 aromatic carbocycles. The van der Waals surface area contributed by atoms with E-state index in [2.05, 4.69) is 20.9 Å². The molecule has 0 aliphatic carbocycles. The number of aliphatic imine (C=N–C) groups is 1. The molecule has 33 heavy (non-hydrogen) atoms. The van der Waals surface area contributed by atoms with Crippen molar-refractivity contribution < 1.29 is 24.3 Å². The van der Waals surface area contributed by atoms with Gasteiger partial charge in [0, 0.05) is 6.54 Å². The Kier molecular flexibility index (Phi) is 15.2. The average molecular weight is 473 g/mol. The lowest BCUT2D eigenvalue weighted by molar-refractivity contribution is -0.139. The molecular weight excluding hydrogens is 432 g/mol. The fraction of sp³-hybridized carbons (Fsp3) is 0.750. The summed E-state index contributed by atoms with van der Waals surface area (Å²) in [6.07, 6.45) is 2.96. The normalized spacial score (nSPS) is 14.3. The first-order valence-electron chi connectivity index (χ1n) is 11.1. The molecule has 4 atom stereocenters. The van der Waals surface area contributed by atoms with Crippen LogP contribution in [0.3, 0.4) is 0 Å². The van der Waals surface area contributed by atoms with Gasteiger partial charge in [-0.1, -0.05) is 26.7 Å². The molecule has 0 saturated heterocycles. The van der Waals surface area contributed by atoms with E-state index in [0.29, 0.717) is 32.2 Å². The summed E-state index contributed by atoms with van der Waals surface area (Å²) in [5.41, 5.74) is 22.0. The standard InChI is InChI=1S/C20H40N8O5/c1-3-12(2)16(19(33)26-11-15(29)30)28-18(32)14(8-6-10-25-20(23)24)27-17(31)13(22)7-4-5-9-21/h12-14,16H,3-11,21-22H2,1-2H3,(H,26,33)(H,27,31)(H,28,32)(H,29,30)(H4,23,24,25). The van der Waals surface area contributed by atoms with Crippen LogP contribution in [0.5, 0.6) is 0 Å². The Morgan fingerprint density at radius 1 is 0.970 bits per heavy atom. The van der Waals surface area contributed by atoms with E-state index < -0.39 is 48.4 Å². The number of aliphatic carboxylic acids is 1. The number of carbonyl (C=O) groups is 4. The van der Waals surface area contributed by atoms with Crippen LogP contribution in [-0.2, 0) is 19.2 Å². The van der Waals surface area contributed by atoms with Gasteiger partial charge in [-0.3, -0.25) is 24.2 Å². The van der Waals surface area contributed by atoms with Crippen molar-refractivity contribution in [2.45, 2.75) is 70.5 Å². The maximum Gasteiger partial charge on any atom is 0.322 e. The van der Waals surface area contributed by atoms with Crippen LogP contribution in [0.15, 0.2) is 4.99 Å². The molecule has 0 fully saturated rings. The Hall–Kier alpha value is -2.93. The lowest BCUT2D eigenvalue weighted by Gasteiger charge is -2.27. The zero-order valence-corrected chi connectivity index (χ0v) is 19.5. The number of amides is 3. The van der Waals surface area contributed by atoms with Crippen molar-refractivity contribution in [3.63, 3.8) is 0 Å². The van der Waals surface area contributed by atoms with Gasteiger partial charge in [0.1, 0.15) is 18.6 Å². The molecule has 0 radical (unpaired) electrons. The highest BCUT2D eigenvalue weighted by atomic mass is 16.4. The van der Waals surface area contributed by atoms with E-state index in [1.165, 1.54) is 0 Å². The van der Waals surface area contributed by atoms with Gasteiger partial charge in [0.25, 0.3) is 0 Å². The van der Waals surface area contributed by atoms with Crippen molar-refractivity contribution in [3.05, 3.63) is 0 Å². The summed E-state index contributed by atoms with van der Waals surface area (Å²) in [4.78, 5) is 52.6. The Morgan fingerprint density at radius 3 is 2.18 bits per heavy atom. The predicted octanol–water partition coefficient (Wildman–Crippen LogP) is -2.29. The third-order valence-corrected chi connectivity index (χ3v) is 5.09. The minimum absolute atomic E-state index is 0.0890. The van der Waals surface area contributed by atoms with Crippen molar-refractivity contribution in [2.24, 2.45) is 33.8 Å². The van der Waals surface area contributed by atoms with Crippen molar-refractivity contribution >= 4 is 29.7 Å². The van der Waals surface area contributed by atoms with E-state index in [1.807, 2.05) is 6.92 Å². The minimum atomic E-state index is -1.20. The Balaban J connectivity index is 5.34. The van der Waals surface area contributed by atoms with Gasteiger partial charge >= 0.3 is 5.97 Å². The second kappa shape index (κ2) is 16.7. The van der Waals surface area contributed by atoms with Gasteiger partial charge in [0.2, 0.25) is 17.7 Å². The van der Waals surface area contributed by atoms with Crippen LogP contribution < -0.4 is 38.9 Å². The summed E-state index contributed by atoms with van der Waals surface area (Å²) in [5, 5.41) is 16.4. The molecule has 0 bridgehead atoms. The summed E-state index contributed by atoms with van der Waals surface area (Å²) >= 11 is 0. The molecule has 0 aromatic rings. The molecule has 0 aliphatic rings. The van der Waals surface area contributed by atoms with Crippen LogP contribution in [0.1, 0.15) is 52.4 Å². The van der Waals surface area contributed by atoms with Crippen molar-refractivity contribution in [3.8, 4) is 0 Å². The van der Waals surface area contributed by atoms with E-state index in [-0.39, 0.29) is 24.8 Å². The van der Waals surface area contributed by atoms with Gasteiger partial charge in [-0.25, -0.2) is 0 Å². The molecule has 13 heteroatoms. The number of carboxylic acid groups (broad SMARTS) is 1. The molecule has 0 aromatic heterocycles. The summed E-state index contributed by atoms with van der Waals surface area (Å²) < 4.78 is 0. The maximum absolute atomic E-state index is 13.0. The smallest absolute Gasteiger partial charge is 0.322 e. The number of hydrogen-bond acceptors (Lipinski definition) is 7. The fourth-order valence-electron chi connectivity index (χ4n) is 2.92. The molecule has 13 nitrogen and oxygen atoms in total. The fourth-order valence-corrected chi connectivity index (χ4v) is 2.92. The van der Waals surface area contributed by atoms with Crippen molar-refractivity contribution in [2.75, 3.05) is 19.6 Å². The van der Waals surface area contributed by atoms with E-state index >= 15 is 0 Å². The van der Waals surface area contributed by atoms with Crippen LogP contribution in [0, 0.1) is 5.92 Å². The number of carboxylic acids is 1. The number of unbranched alkanes of at least 4 members (excludes halogenated alkanes) is 1. The van der Waals surface area contributed by atoms with Gasteiger partial charge in [-0.2, -0.15) is 0 Å². The van der Waals surface area contributed by atoms with Crippen molar-refractivity contribution in [1.82, 2.24) is 16.0 Å². The van der Waals surface area contributed by atoms with Gasteiger partial charge in [-0.15, -0.1) is 0 Å².